The zero-order valence-electron chi connectivity index (χ0n) is 14.0. The summed E-state index contributed by atoms with van der Waals surface area (Å²) in [5.41, 5.74) is 0.251. The molecule has 0 radical (unpaired) electrons. The molecule has 0 aromatic carbocycles. The molecule has 0 spiro atoms. The van der Waals surface area contributed by atoms with E-state index in [4.69, 9.17) is 0 Å². The predicted octanol–water partition coefficient (Wildman–Crippen LogP) is 4.34. The van der Waals surface area contributed by atoms with Gasteiger partial charge in [0.05, 0.1) is 0 Å². The molecule has 1 amide bonds. The standard InChI is InChI=1S/C17H33NO/c1-8-11-18-12-9-10-13(16(2,3)4)14(15(18)19)17(5,6)7/h13-14H,8-12H2,1-7H3. The summed E-state index contributed by atoms with van der Waals surface area (Å²) in [6.07, 6.45) is 3.39. The molecule has 1 fully saturated rings. The third kappa shape index (κ3) is 3.97. The zero-order valence-corrected chi connectivity index (χ0v) is 14.0. The first-order chi connectivity index (χ1) is 8.59. The van der Waals surface area contributed by atoms with Crippen LogP contribution in [-0.2, 0) is 4.79 Å². The number of hydrogen-bond acceptors (Lipinski definition) is 1. The molecular weight excluding hydrogens is 234 g/mol. The van der Waals surface area contributed by atoms with E-state index in [1.54, 1.807) is 0 Å². The fraction of sp³-hybridized carbons (Fsp3) is 0.941. The van der Waals surface area contributed by atoms with Crippen molar-refractivity contribution >= 4 is 5.91 Å². The molecule has 2 atom stereocenters. The van der Waals surface area contributed by atoms with E-state index in [2.05, 4.69) is 53.4 Å². The molecule has 1 aliphatic heterocycles. The number of nitrogens with zero attached hydrogens (tertiary/aromatic N) is 1. The highest BCUT2D eigenvalue weighted by Gasteiger charge is 2.45. The molecule has 0 bridgehead atoms. The van der Waals surface area contributed by atoms with Crippen molar-refractivity contribution in [2.24, 2.45) is 22.7 Å². The van der Waals surface area contributed by atoms with E-state index in [-0.39, 0.29) is 16.7 Å². The summed E-state index contributed by atoms with van der Waals surface area (Å²) < 4.78 is 0. The Bertz CT molecular complexity index is 308. The second-order valence-electron chi connectivity index (χ2n) is 8.28. The first-order valence-corrected chi connectivity index (χ1v) is 7.87. The van der Waals surface area contributed by atoms with Crippen molar-refractivity contribution in [2.75, 3.05) is 13.1 Å². The Balaban J connectivity index is 3.11. The van der Waals surface area contributed by atoms with Gasteiger partial charge in [-0.1, -0.05) is 48.5 Å². The van der Waals surface area contributed by atoms with E-state index in [1.165, 1.54) is 6.42 Å². The average Bonchev–Trinajstić information content (AvgIpc) is 2.38. The van der Waals surface area contributed by atoms with Gasteiger partial charge in [-0.3, -0.25) is 4.79 Å². The van der Waals surface area contributed by atoms with Crippen LogP contribution in [0.1, 0.15) is 67.7 Å². The molecule has 0 aromatic heterocycles. The van der Waals surface area contributed by atoms with Crippen molar-refractivity contribution < 1.29 is 4.79 Å². The molecule has 19 heavy (non-hydrogen) atoms. The minimum atomic E-state index is 0.0470. The molecule has 2 nitrogen and oxygen atoms in total. The van der Waals surface area contributed by atoms with Crippen molar-refractivity contribution in [3.05, 3.63) is 0 Å². The normalized spacial score (nSPS) is 26.5. The van der Waals surface area contributed by atoms with Gasteiger partial charge in [0.25, 0.3) is 0 Å². The van der Waals surface area contributed by atoms with Crippen LogP contribution in [0.15, 0.2) is 0 Å². The Morgan fingerprint density at radius 3 is 2.11 bits per heavy atom. The largest absolute Gasteiger partial charge is 0.342 e. The lowest BCUT2D eigenvalue weighted by Gasteiger charge is -2.42. The summed E-state index contributed by atoms with van der Waals surface area (Å²) in [4.78, 5) is 15.1. The Morgan fingerprint density at radius 2 is 1.68 bits per heavy atom. The lowest BCUT2D eigenvalue weighted by atomic mass is 9.63. The lowest BCUT2D eigenvalue weighted by molar-refractivity contribution is -0.142. The number of carbonyl (C=O) groups is 1. The van der Waals surface area contributed by atoms with Gasteiger partial charge in [0, 0.05) is 19.0 Å². The SMILES string of the molecule is CCCN1CCCC(C(C)(C)C)C(C(C)(C)C)C1=O. The summed E-state index contributed by atoms with van der Waals surface area (Å²) in [6, 6.07) is 0. The maximum absolute atomic E-state index is 13.0. The van der Waals surface area contributed by atoms with Crippen molar-refractivity contribution in [2.45, 2.75) is 67.7 Å². The van der Waals surface area contributed by atoms with Gasteiger partial charge in [0.1, 0.15) is 0 Å². The number of hydrogen-bond donors (Lipinski definition) is 0. The van der Waals surface area contributed by atoms with Gasteiger partial charge in [-0.05, 0) is 36.0 Å². The van der Waals surface area contributed by atoms with Gasteiger partial charge in [-0.25, -0.2) is 0 Å². The van der Waals surface area contributed by atoms with Crippen LogP contribution in [-0.4, -0.2) is 23.9 Å². The fourth-order valence-electron chi connectivity index (χ4n) is 3.55. The molecule has 1 rings (SSSR count). The van der Waals surface area contributed by atoms with Gasteiger partial charge in [-0.2, -0.15) is 0 Å². The average molecular weight is 267 g/mol. The molecular formula is C17H33NO. The second-order valence-corrected chi connectivity index (χ2v) is 8.28. The molecule has 0 aliphatic carbocycles. The number of carbonyl (C=O) groups excluding carboxylic acids is 1. The van der Waals surface area contributed by atoms with Crippen LogP contribution in [0, 0.1) is 22.7 Å². The number of amides is 1. The van der Waals surface area contributed by atoms with Crippen LogP contribution in [0.4, 0.5) is 0 Å². The van der Waals surface area contributed by atoms with Crippen LogP contribution < -0.4 is 0 Å². The second kappa shape index (κ2) is 5.85. The number of rotatable bonds is 2. The molecule has 2 heteroatoms. The summed E-state index contributed by atoms with van der Waals surface area (Å²) in [6.45, 7) is 17.6. The van der Waals surface area contributed by atoms with Crippen molar-refractivity contribution in [1.82, 2.24) is 4.90 Å². The third-order valence-corrected chi connectivity index (χ3v) is 4.46. The van der Waals surface area contributed by atoms with E-state index in [0.717, 1.165) is 25.9 Å². The van der Waals surface area contributed by atoms with Crippen molar-refractivity contribution in [1.29, 1.82) is 0 Å². The van der Waals surface area contributed by atoms with Gasteiger partial charge in [-0.15, -0.1) is 0 Å². The highest BCUT2D eigenvalue weighted by Crippen LogP contribution is 2.46. The molecule has 0 aromatic rings. The Labute approximate surface area is 119 Å². The summed E-state index contributed by atoms with van der Waals surface area (Å²) in [5, 5.41) is 0. The monoisotopic (exact) mass is 267 g/mol. The van der Waals surface area contributed by atoms with Gasteiger partial charge in [0.15, 0.2) is 0 Å². The highest BCUT2D eigenvalue weighted by molar-refractivity contribution is 5.80. The highest BCUT2D eigenvalue weighted by atomic mass is 16.2. The van der Waals surface area contributed by atoms with E-state index in [9.17, 15) is 4.79 Å². The Hall–Kier alpha value is -0.530. The Morgan fingerprint density at radius 1 is 1.11 bits per heavy atom. The predicted molar refractivity (Wildman–Crippen MR) is 82.0 cm³/mol. The first kappa shape index (κ1) is 16.5. The summed E-state index contributed by atoms with van der Waals surface area (Å²) >= 11 is 0. The van der Waals surface area contributed by atoms with E-state index in [0.29, 0.717) is 11.8 Å². The van der Waals surface area contributed by atoms with E-state index < -0.39 is 0 Å². The minimum Gasteiger partial charge on any atom is -0.342 e. The smallest absolute Gasteiger partial charge is 0.226 e. The quantitative estimate of drug-likeness (QED) is 0.728. The maximum Gasteiger partial charge on any atom is 0.226 e. The molecule has 0 N–H and O–H groups in total. The van der Waals surface area contributed by atoms with Crippen LogP contribution in [0.25, 0.3) is 0 Å². The molecule has 1 saturated heterocycles. The van der Waals surface area contributed by atoms with Crippen LogP contribution in [0.2, 0.25) is 0 Å². The van der Waals surface area contributed by atoms with Crippen LogP contribution in [0.3, 0.4) is 0 Å². The van der Waals surface area contributed by atoms with Crippen LogP contribution in [0.5, 0.6) is 0 Å². The molecule has 2 unspecified atom stereocenters. The minimum absolute atomic E-state index is 0.0470. The van der Waals surface area contributed by atoms with E-state index >= 15 is 0 Å². The van der Waals surface area contributed by atoms with Gasteiger partial charge < -0.3 is 4.90 Å². The number of likely N-dealkylation sites (tertiary alicyclic amines) is 1. The molecule has 1 aliphatic rings. The molecule has 112 valence electrons. The van der Waals surface area contributed by atoms with Crippen molar-refractivity contribution in [3.63, 3.8) is 0 Å². The molecule has 1 heterocycles. The van der Waals surface area contributed by atoms with Crippen molar-refractivity contribution in [3.8, 4) is 0 Å². The Kier molecular flexibility index (Phi) is 5.08. The third-order valence-electron chi connectivity index (χ3n) is 4.46. The van der Waals surface area contributed by atoms with Gasteiger partial charge >= 0.3 is 0 Å². The summed E-state index contributed by atoms with van der Waals surface area (Å²) in [7, 11) is 0. The van der Waals surface area contributed by atoms with E-state index in [1.807, 2.05) is 0 Å². The summed E-state index contributed by atoms with van der Waals surface area (Å²) in [5.74, 6) is 1.04. The fourth-order valence-corrected chi connectivity index (χ4v) is 3.55. The van der Waals surface area contributed by atoms with Crippen LogP contribution >= 0.6 is 0 Å². The lowest BCUT2D eigenvalue weighted by Crippen LogP contribution is -2.46. The topological polar surface area (TPSA) is 20.3 Å². The molecule has 0 saturated carbocycles. The maximum atomic E-state index is 13.0. The first-order valence-electron chi connectivity index (χ1n) is 7.87. The van der Waals surface area contributed by atoms with Gasteiger partial charge in [0.2, 0.25) is 5.91 Å². The zero-order chi connectivity index (χ0) is 14.8.